The van der Waals surface area contributed by atoms with E-state index in [0.717, 1.165) is 47.0 Å². The third-order valence-corrected chi connectivity index (χ3v) is 4.74. The number of hydrogen-bond acceptors (Lipinski definition) is 3. The van der Waals surface area contributed by atoms with E-state index in [1.807, 2.05) is 12.3 Å². The Labute approximate surface area is 159 Å². The Kier molecular flexibility index (Phi) is 6.27. The third-order valence-electron chi connectivity index (χ3n) is 4.74. The average Bonchev–Trinajstić information content (AvgIpc) is 3.07. The quantitative estimate of drug-likeness (QED) is 0.466. The molecule has 0 amide bonds. The van der Waals surface area contributed by atoms with Gasteiger partial charge in [0.2, 0.25) is 0 Å². The standard InChI is InChI=1S/C22H27FN4/c1-15(26-14-20(25)3-2-10-24)11-18-13-27-22-9-6-17(12-21(18)22)16-4-7-19(23)8-5-16/h4-9,12-13,20,26-27H,1-3,10-11,14,24-25H2. The van der Waals surface area contributed by atoms with Gasteiger partial charge in [0.25, 0.3) is 0 Å². The Morgan fingerprint density at radius 3 is 2.63 bits per heavy atom. The Hall–Kier alpha value is -2.63. The summed E-state index contributed by atoms with van der Waals surface area (Å²) in [5, 5.41) is 4.48. The maximum atomic E-state index is 13.2. The SMILES string of the molecule is C=C(Cc1c[nH]c2ccc(-c3ccc(F)cc3)cc12)NCC(N)CCCN. The maximum absolute atomic E-state index is 13.2. The zero-order chi connectivity index (χ0) is 19.2. The fourth-order valence-electron chi connectivity index (χ4n) is 3.20. The van der Waals surface area contributed by atoms with Crippen LogP contribution in [-0.4, -0.2) is 24.1 Å². The monoisotopic (exact) mass is 366 g/mol. The molecule has 2 aromatic carbocycles. The van der Waals surface area contributed by atoms with E-state index in [-0.39, 0.29) is 11.9 Å². The molecule has 0 saturated heterocycles. The number of nitrogens with two attached hydrogens (primary N) is 2. The molecule has 6 N–H and O–H groups in total. The van der Waals surface area contributed by atoms with E-state index >= 15 is 0 Å². The lowest BCUT2D eigenvalue weighted by molar-refractivity contribution is 0.556. The molecule has 0 fully saturated rings. The average molecular weight is 366 g/mol. The fourth-order valence-corrected chi connectivity index (χ4v) is 3.20. The van der Waals surface area contributed by atoms with E-state index in [9.17, 15) is 4.39 Å². The molecule has 1 aromatic heterocycles. The second-order valence-electron chi connectivity index (χ2n) is 6.93. The van der Waals surface area contributed by atoms with Gasteiger partial charge >= 0.3 is 0 Å². The lowest BCUT2D eigenvalue weighted by atomic mass is 10.0. The largest absolute Gasteiger partial charge is 0.387 e. The molecule has 142 valence electrons. The molecular weight excluding hydrogens is 339 g/mol. The minimum atomic E-state index is -0.228. The third kappa shape index (κ3) is 4.96. The summed E-state index contributed by atoms with van der Waals surface area (Å²) in [6, 6.07) is 12.9. The number of halogens is 1. The summed E-state index contributed by atoms with van der Waals surface area (Å²) in [4.78, 5) is 3.31. The van der Waals surface area contributed by atoms with Crippen molar-refractivity contribution >= 4 is 10.9 Å². The lowest BCUT2D eigenvalue weighted by Crippen LogP contribution is -2.34. The van der Waals surface area contributed by atoms with Crippen molar-refractivity contribution in [3.8, 4) is 11.1 Å². The van der Waals surface area contributed by atoms with Crippen LogP contribution in [0.1, 0.15) is 18.4 Å². The number of benzene rings is 2. The molecule has 5 heteroatoms. The van der Waals surface area contributed by atoms with E-state index in [1.165, 1.54) is 17.7 Å². The number of allylic oxidation sites excluding steroid dienone is 1. The van der Waals surface area contributed by atoms with Crippen molar-refractivity contribution in [1.29, 1.82) is 0 Å². The topological polar surface area (TPSA) is 79.9 Å². The summed E-state index contributed by atoms with van der Waals surface area (Å²) in [7, 11) is 0. The first-order chi connectivity index (χ1) is 13.1. The number of aromatic amines is 1. The van der Waals surface area contributed by atoms with Gasteiger partial charge in [-0.3, -0.25) is 0 Å². The van der Waals surface area contributed by atoms with Crippen LogP contribution in [0.4, 0.5) is 4.39 Å². The number of hydrogen-bond donors (Lipinski definition) is 4. The molecule has 1 atom stereocenters. The van der Waals surface area contributed by atoms with Crippen molar-refractivity contribution in [2.75, 3.05) is 13.1 Å². The van der Waals surface area contributed by atoms with Crippen LogP contribution in [0.25, 0.3) is 22.0 Å². The number of aromatic nitrogens is 1. The minimum absolute atomic E-state index is 0.0818. The van der Waals surface area contributed by atoms with Gasteiger partial charge < -0.3 is 21.8 Å². The summed E-state index contributed by atoms with van der Waals surface area (Å²) >= 11 is 0. The van der Waals surface area contributed by atoms with Crippen LogP contribution in [-0.2, 0) is 6.42 Å². The summed E-state index contributed by atoms with van der Waals surface area (Å²) in [6.45, 7) is 5.50. The van der Waals surface area contributed by atoms with Crippen LogP contribution >= 0.6 is 0 Å². The Morgan fingerprint density at radius 1 is 1.15 bits per heavy atom. The zero-order valence-corrected chi connectivity index (χ0v) is 15.5. The van der Waals surface area contributed by atoms with Crippen molar-refractivity contribution < 1.29 is 4.39 Å². The second-order valence-corrected chi connectivity index (χ2v) is 6.93. The van der Waals surface area contributed by atoms with Gasteiger partial charge in [-0.2, -0.15) is 0 Å². The molecule has 0 radical (unpaired) electrons. The number of rotatable bonds is 9. The normalized spacial score (nSPS) is 12.3. The fraction of sp³-hybridized carbons (Fsp3) is 0.273. The molecule has 1 unspecified atom stereocenters. The molecule has 3 rings (SSSR count). The first-order valence-electron chi connectivity index (χ1n) is 9.30. The van der Waals surface area contributed by atoms with Gasteiger partial charge in [0.1, 0.15) is 5.82 Å². The highest BCUT2D eigenvalue weighted by atomic mass is 19.1. The van der Waals surface area contributed by atoms with Gasteiger partial charge in [-0.25, -0.2) is 4.39 Å². The zero-order valence-electron chi connectivity index (χ0n) is 15.5. The minimum Gasteiger partial charge on any atom is -0.387 e. The smallest absolute Gasteiger partial charge is 0.123 e. The second kappa shape index (κ2) is 8.84. The summed E-state index contributed by atoms with van der Waals surface area (Å²) in [5.74, 6) is -0.228. The predicted octanol–water partition coefficient (Wildman–Crippen LogP) is 3.69. The number of H-pyrrole nitrogens is 1. The van der Waals surface area contributed by atoms with Gasteiger partial charge in [-0.1, -0.05) is 24.8 Å². The van der Waals surface area contributed by atoms with Crippen molar-refractivity contribution in [2.24, 2.45) is 11.5 Å². The van der Waals surface area contributed by atoms with Crippen molar-refractivity contribution in [2.45, 2.75) is 25.3 Å². The molecule has 0 aliphatic carbocycles. The van der Waals surface area contributed by atoms with Crippen molar-refractivity contribution in [1.82, 2.24) is 10.3 Å². The van der Waals surface area contributed by atoms with Crippen LogP contribution < -0.4 is 16.8 Å². The van der Waals surface area contributed by atoms with E-state index < -0.39 is 0 Å². The van der Waals surface area contributed by atoms with Gasteiger partial charge in [-0.15, -0.1) is 0 Å². The highest BCUT2D eigenvalue weighted by Gasteiger charge is 2.09. The summed E-state index contributed by atoms with van der Waals surface area (Å²) in [6.07, 6.45) is 4.58. The van der Waals surface area contributed by atoms with Crippen molar-refractivity contribution in [3.05, 3.63) is 72.3 Å². The molecule has 3 aromatic rings. The Balaban J connectivity index is 1.70. The number of nitrogens with one attached hydrogen (secondary N) is 2. The molecule has 0 bridgehead atoms. The molecule has 0 spiro atoms. The highest BCUT2D eigenvalue weighted by molar-refractivity contribution is 5.88. The van der Waals surface area contributed by atoms with Gasteiger partial charge in [-0.05, 0) is 60.3 Å². The molecule has 1 heterocycles. The molecule has 0 aliphatic rings. The van der Waals surface area contributed by atoms with Gasteiger partial charge in [0, 0.05) is 41.8 Å². The van der Waals surface area contributed by atoms with E-state index in [4.69, 9.17) is 11.5 Å². The molecule has 0 saturated carbocycles. The maximum Gasteiger partial charge on any atom is 0.123 e. The van der Waals surface area contributed by atoms with E-state index in [2.05, 4.69) is 29.0 Å². The van der Waals surface area contributed by atoms with Gasteiger partial charge in [0.15, 0.2) is 0 Å². The van der Waals surface area contributed by atoms with E-state index in [0.29, 0.717) is 13.1 Å². The Bertz CT molecular complexity index is 898. The highest BCUT2D eigenvalue weighted by Crippen LogP contribution is 2.27. The first kappa shape index (κ1) is 19.1. The van der Waals surface area contributed by atoms with Crippen LogP contribution in [0.3, 0.4) is 0 Å². The summed E-state index contributed by atoms with van der Waals surface area (Å²) in [5.41, 5.74) is 16.8. The molecule has 0 aliphatic heterocycles. The Morgan fingerprint density at radius 2 is 1.89 bits per heavy atom. The van der Waals surface area contributed by atoms with Crippen LogP contribution in [0, 0.1) is 5.82 Å². The van der Waals surface area contributed by atoms with Crippen LogP contribution in [0.2, 0.25) is 0 Å². The summed E-state index contributed by atoms with van der Waals surface area (Å²) < 4.78 is 13.2. The van der Waals surface area contributed by atoms with Crippen molar-refractivity contribution in [3.63, 3.8) is 0 Å². The van der Waals surface area contributed by atoms with Crippen LogP contribution in [0.5, 0.6) is 0 Å². The number of fused-ring (bicyclic) bond motifs is 1. The first-order valence-corrected chi connectivity index (χ1v) is 9.30. The molecule has 4 nitrogen and oxygen atoms in total. The lowest BCUT2D eigenvalue weighted by Gasteiger charge is -2.15. The van der Waals surface area contributed by atoms with Crippen LogP contribution in [0.15, 0.2) is 60.9 Å². The van der Waals surface area contributed by atoms with Gasteiger partial charge in [0.05, 0.1) is 0 Å². The molecular formula is C22H27FN4. The van der Waals surface area contributed by atoms with E-state index in [1.54, 1.807) is 12.1 Å². The molecule has 27 heavy (non-hydrogen) atoms. The predicted molar refractivity (Wildman–Crippen MR) is 111 cm³/mol.